The van der Waals surface area contributed by atoms with Crippen LogP contribution < -0.4 is 0 Å². The van der Waals surface area contributed by atoms with E-state index >= 15 is 0 Å². The minimum absolute atomic E-state index is 0.139. The molecule has 4 nitrogen and oxygen atoms in total. The van der Waals surface area contributed by atoms with Crippen molar-refractivity contribution in [2.75, 3.05) is 0 Å². The Morgan fingerprint density at radius 1 is 1.25 bits per heavy atom. The molecule has 4 rings (SSSR count). The van der Waals surface area contributed by atoms with Crippen molar-refractivity contribution < 1.29 is 4.79 Å². The minimum Gasteiger partial charge on any atom is -0.303 e. The zero-order valence-electron chi connectivity index (χ0n) is 16.8. The van der Waals surface area contributed by atoms with Crippen LogP contribution in [0.15, 0.2) is 28.7 Å². The highest BCUT2D eigenvalue weighted by molar-refractivity contribution is 7.98. The molecule has 0 aliphatic heterocycles. The molecule has 1 aliphatic rings. The van der Waals surface area contributed by atoms with Crippen LogP contribution in [0.3, 0.4) is 0 Å². The van der Waals surface area contributed by atoms with E-state index in [2.05, 4.69) is 52.2 Å². The maximum absolute atomic E-state index is 12.1. The van der Waals surface area contributed by atoms with E-state index in [0.717, 1.165) is 39.8 Å². The van der Waals surface area contributed by atoms with Gasteiger partial charge in [-0.15, -0.1) is 21.5 Å². The second-order valence-corrected chi connectivity index (χ2v) is 9.56. The van der Waals surface area contributed by atoms with Gasteiger partial charge in [-0.3, -0.25) is 4.79 Å². The second kappa shape index (κ2) is 7.84. The summed E-state index contributed by atoms with van der Waals surface area (Å²) in [6.45, 7) is 7.88. The lowest BCUT2D eigenvalue weighted by molar-refractivity contribution is 0.101. The van der Waals surface area contributed by atoms with Gasteiger partial charge in [0.1, 0.15) is 5.82 Å². The molecule has 6 heteroatoms. The Hall–Kier alpha value is -1.92. The smallest absolute Gasteiger partial charge is 0.191 e. The van der Waals surface area contributed by atoms with Gasteiger partial charge in [-0.2, -0.15) is 0 Å². The number of rotatable bonds is 7. The van der Waals surface area contributed by atoms with Gasteiger partial charge in [0, 0.05) is 28.7 Å². The molecule has 0 spiro atoms. The monoisotopic (exact) mass is 411 g/mol. The highest BCUT2D eigenvalue weighted by atomic mass is 32.2. The average Bonchev–Trinajstić information content (AvgIpc) is 3.18. The van der Waals surface area contributed by atoms with Crippen molar-refractivity contribution in [3.63, 3.8) is 0 Å². The van der Waals surface area contributed by atoms with E-state index in [9.17, 15) is 4.79 Å². The Kier molecular flexibility index (Phi) is 5.43. The van der Waals surface area contributed by atoms with Gasteiger partial charge in [-0.1, -0.05) is 23.9 Å². The SMILES string of the molecule is CC(=O)c1c(C)cc(C)c(CSc2nnc(Cc3cccs3)n2C2CC2)c1C. The van der Waals surface area contributed by atoms with Crippen molar-refractivity contribution in [2.45, 2.75) is 63.9 Å². The molecule has 2 aromatic heterocycles. The largest absolute Gasteiger partial charge is 0.303 e. The lowest BCUT2D eigenvalue weighted by Gasteiger charge is -2.16. The zero-order valence-corrected chi connectivity index (χ0v) is 18.4. The molecule has 0 amide bonds. The third kappa shape index (κ3) is 3.80. The molecule has 0 radical (unpaired) electrons. The number of nitrogens with zero attached hydrogens (tertiary/aromatic N) is 3. The van der Waals surface area contributed by atoms with Gasteiger partial charge in [0.05, 0.1) is 0 Å². The summed E-state index contributed by atoms with van der Waals surface area (Å²) in [5.74, 6) is 2.01. The first-order chi connectivity index (χ1) is 13.5. The quantitative estimate of drug-likeness (QED) is 0.370. The summed E-state index contributed by atoms with van der Waals surface area (Å²) in [6, 6.07) is 6.92. The van der Waals surface area contributed by atoms with E-state index in [1.807, 2.05) is 6.92 Å². The predicted molar refractivity (Wildman–Crippen MR) is 116 cm³/mol. The summed E-state index contributed by atoms with van der Waals surface area (Å²) >= 11 is 3.51. The van der Waals surface area contributed by atoms with E-state index in [1.165, 1.54) is 28.8 Å². The Morgan fingerprint density at radius 3 is 2.68 bits per heavy atom. The number of benzene rings is 1. The maximum Gasteiger partial charge on any atom is 0.191 e. The molecule has 1 aromatic carbocycles. The fourth-order valence-corrected chi connectivity index (χ4v) is 5.83. The molecular formula is C22H25N3OS2. The standard InChI is InChI=1S/C22H25N3OS2/c1-13-10-14(2)21(16(4)26)15(3)19(13)12-28-22-24-23-20(25(22)17-7-8-17)11-18-6-5-9-27-18/h5-6,9-10,17H,7-8,11-12H2,1-4H3. The lowest BCUT2D eigenvalue weighted by atomic mass is 9.92. The van der Waals surface area contributed by atoms with Gasteiger partial charge in [0.25, 0.3) is 0 Å². The first-order valence-corrected chi connectivity index (χ1v) is 11.5. The Labute approximate surface area is 174 Å². The molecule has 0 unspecified atom stereocenters. The molecule has 3 aromatic rings. The average molecular weight is 412 g/mol. The third-order valence-electron chi connectivity index (χ3n) is 5.39. The van der Waals surface area contributed by atoms with Crippen LogP contribution in [0.2, 0.25) is 0 Å². The van der Waals surface area contributed by atoms with Gasteiger partial charge in [-0.25, -0.2) is 0 Å². The topological polar surface area (TPSA) is 47.8 Å². The molecule has 0 saturated heterocycles. The lowest BCUT2D eigenvalue weighted by Crippen LogP contribution is -2.06. The number of thiophene rings is 1. The molecule has 0 bridgehead atoms. The van der Waals surface area contributed by atoms with Crippen LogP contribution in [0.5, 0.6) is 0 Å². The summed E-state index contributed by atoms with van der Waals surface area (Å²) in [5.41, 5.74) is 5.52. The van der Waals surface area contributed by atoms with E-state index in [4.69, 9.17) is 0 Å². The number of hydrogen-bond acceptors (Lipinski definition) is 5. The van der Waals surface area contributed by atoms with Crippen LogP contribution in [-0.4, -0.2) is 20.5 Å². The molecule has 146 valence electrons. The van der Waals surface area contributed by atoms with Crippen LogP contribution in [0, 0.1) is 20.8 Å². The number of hydrogen-bond donors (Lipinski definition) is 0. The van der Waals surface area contributed by atoms with E-state index in [1.54, 1.807) is 30.0 Å². The fourth-order valence-electron chi connectivity index (χ4n) is 3.92. The Balaban J connectivity index is 1.60. The minimum atomic E-state index is 0.139. The third-order valence-corrected chi connectivity index (χ3v) is 7.23. The normalized spacial score (nSPS) is 13.9. The number of aromatic nitrogens is 3. The fraction of sp³-hybridized carbons (Fsp3) is 0.409. The van der Waals surface area contributed by atoms with Gasteiger partial charge in [0.2, 0.25) is 0 Å². The van der Waals surface area contributed by atoms with Gasteiger partial charge >= 0.3 is 0 Å². The number of carbonyl (C=O) groups is 1. The molecule has 1 aliphatic carbocycles. The molecule has 1 saturated carbocycles. The number of ketones is 1. The van der Waals surface area contributed by atoms with Crippen molar-refractivity contribution >= 4 is 28.9 Å². The summed E-state index contributed by atoms with van der Waals surface area (Å²) < 4.78 is 2.34. The van der Waals surface area contributed by atoms with Crippen molar-refractivity contribution in [3.8, 4) is 0 Å². The van der Waals surface area contributed by atoms with E-state index in [0.29, 0.717) is 6.04 Å². The van der Waals surface area contributed by atoms with Gasteiger partial charge in [0.15, 0.2) is 10.9 Å². The molecule has 28 heavy (non-hydrogen) atoms. The first-order valence-electron chi connectivity index (χ1n) is 9.65. The van der Waals surface area contributed by atoms with Crippen molar-refractivity contribution in [2.24, 2.45) is 0 Å². The summed E-state index contributed by atoms with van der Waals surface area (Å²) in [5, 5.41) is 12.1. The van der Waals surface area contributed by atoms with Crippen molar-refractivity contribution in [3.05, 3.63) is 62.1 Å². The highest BCUT2D eigenvalue weighted by Gasteiger charge is 2.30. The van der Waals surface area contributed by atoms with Crippen LogP contribution in [0.25, 0.3) is 0 Å². The summed E-state index contributed by atoms with van der Waals surface area (Å²) in [7, 11) is 0. The number of Topliss-reactive ketones (excluding diaryl/α,β-unsaturated/α-hetero) is 1. The molecule has 2 heterocycles. The molecule has 1 fully saturated rings. The van der Waals surface area contributed by atoms with Gasteiger partial charge in [-0.05, 0) is 74.2 Å². The molecular weight excluding hydrogens is 386 g/mol. The number of thioether (sulfide) groups is 1. The molecule has 0 atom stereocenters. The number of aryl methyl sites for hydroxylation is 2. The van der Waals surface area contributed by atoms with E-state index < -0.39 is 0 Å². The summed E-state index contributed by atoms with van der Waals surface area (Å²) in [6.07, 6.45) is 3.26. The first kappa shape index (κ1) is 19.4. The zero-order chi connectivity index (χ0) is 19.8. The van der Waals surface area contributed by atoms with Crippen LogP contribution in [0.1, 0.15) is 69.1 Å². The summed E-state index contributed by atoms with van der Waals surface area (Å²) in [4.78, 5) is 13.4. The molecule has 0 N–H and O–H groups in total. The van der Waals surface area contributed by atoms with Crippen LogP contribution >= 0.6 is 23.1 Å². The Morgan fingerprint density at radius 2 is 2.04 bits per heavy atom. The van der Waals surface area contributed by atoms with Crippen LogP contribution in [0.4, 0.5) is 0 Å². The maximum atomic E-state index is 12.1. The van der Waals surface area contributed by atoms with Crippen molar-refractivity contribution in [1.29, 1.82) is 0 Å². The highest BCUT2D eigenvalue weighted by Crippen LogP contribution is 2.40. The Bertz CT molecular complexity index is 1020. The second-order valence-electron chi connectivity index (χ2n) is 7.59. The number of carbonyl (C=O) groups excluding carboxylic acids is 1. The van der Waals surface area contributed by atoms with Crippen LogP contribution in [-0.2, 0) is 12.2 Å². The van der Waals surface area contributed by atoms with Crippen molar-refractivity contribution in [1.82, 2.24) is 14.8 Å². The van der Waals surface area contributed by atoms with E-state index in [-0.39, 0.29) is 5.78 Å². The van der Waals surface area contributed by atoms with Gasteiger partial charge < -0.3 is 4.57 Å². The predicted octanol–water partition coefficient (Wildman–Crippen LogP) is 5.69.